The summed E-state index contributed by atoms with van der Waals surface area (Å²) >= 11 is 0. The van der Waals surface area contributed by atoms with Crippen molar-refractivity contribution in [1.82, 2.24) is 9.62 Å². The van der Waals surface area contributed by atoms with E-state index in [0.717, 1.165) is 44.9 Å². The van der Waals surface area contributed by atoms with E-state index in [1.165, 1.54) is 0 Å². The number of carbonyl (C=O) groups excluding carboxylic acids is 1. The number of hydrogen-bond donors (Lipinski definition) is 2. The molecule has 3 N–H and O–H groups in total. The van der Waals surface area contributed by atoms with Gasteiger partial charge < -0.3 is 10.6 Å². The van der Waals surface area contributed by atoms with Gasteiger partial charge in [0.2, 0.25) is 15.9 Å². The van der Waals surface area contributed by atoms with Crippen molar-refractivity contribution in [2.75, 3.05) is 19.6 Å². The predicted octanol–water partition coefficient (Wildman–Crippen LogP) is 1.25. The quantitative estimate of drug-likeness (QED) is 0.726. The van der Waals surface area contributed by atoms with Gasteiger partial charge in [0.1, 0.15) is 0 Å². The van der Waals surface area contributed by atoms with E-state index in [1.807, 2.05) is 0 Å². The maximum absolute atomic E-state index is 12.7. The van der Waals surface area contributed by atoms with Gasteiger partial charge in [-0.3, -0.25) is 4.79 Å². The lowest BCUT2D eigenvalue weighted by atomic mass is 10.0. The fourth-order valence-corrected chi connectivity index (χ4v) is 5.72. The minimum atomic E-state index is -3.41. The normalized spacial score (nSPS) is 26.9. The molecule has 0 aromatic heterocycles. The predicted molar refractivity (Wildman–Crippen MR) is 96.4 cm³/mol. The Balaban J connectivity index is 0.00000208. The number of halogens is 1. The molecule has 3 fully saturated rings. The molecule has 1 saturated heterocycles. The van der Waals surface area contributed by atoms with Crippen LogP contribution in [0.15, 0.2) is 0 Å². The zero-order valence-corrected chi connectivity index (χ0v) is 15.8. The zero-order chi connectivity index (χ0) is 16.4. The van der Waals surface area contributed by atoms with Gasteiger partial charge in [0.25, 0.3) is 0 Å². The van der Waals surface area contributed by atoms with Gasteiger partial charge >= 0.3 is 0 Å². The number of nitrogens with zero attached hydrogens (tertiary/aromatic N) is 1. The Kier molecular flexibility index (Phi) is 6.93. The van der Waals surface area contributed by atoms with Crippen LogP contribution in [0.3, 0.4) is 0 Å². The van der Waals surface area contributed by atoms with Crippen molar-refractivity contribution in [3.8, 4) is 0 Å². The average Bonchev–Trinajstić information content (AvgIpc) is 3.26. The summed E-state index contributed by atoms with van der Waals surface area (Å²) in [4.78, 5) is 14.3. The molecule has 1 amide bonds. The van der Waals surface area contributed by atoms with E-state index in [-0.39, 0.29) is 30.3 Å². The first-order chi connectivity index (χ1) is 11.0. The third kappa shape index (κ3) is 4.62. The fourth-order valence-electron chi connectivity index (χ4n) is 3.97. The number of carbonyl (C=O) groups is 1. The lowest BCUT2D eigenvalue weighted by molar-refractivity contribution is -0.136. The minimum Gasteiger partial charge on any atom is -0.341 e. The summed E-state index contributed by atoms with van der Waals surface area (Å²) < 4.78 is 28.2. The topological polar surface area (TPSA) is 92.5 Å². The third-order valence-corrected chi connectivity index (χ3v) is 7.49. The summed E-state index contributed by atoms with van der Waals surface area (Å²) in [5.74, 6) is 0.683. The highest BCUT2D eigenvalue weighted by Crippen LogP contribution is 2.33. The Hall–Kier alpha value is -0.370. The Morgan fingerprint density at radius 1 is 1.12 bits per heavy atom. The van der Waals surface area contributed by atoms with Gasteiger partial charge in [0.15, 0.2) is 0 Å². The van der Waals surface area contributed by atoms with Crippen molar-refractivity contribution in [2.24, 2.45) is 17.6 Å². The molecule has 2 atom stereocenters. The highest BCUT2D eigenvalue weighted by atomic mass is 35.5. The number of likely N-dealkylation sites (tertiary alicyclic amines) is 1. The van der Waals surface area contributed by atoms with E-state index in [2.05, 4.69) is 4.72 Å². The molecule has 1 aliphatic heterocycles. The van der Waals surface area contributed by atoms with Gasteiger partial charge in [-0.05, 0) is 44.4 Å². The lowest BCUT2D eigenvalue weighted by Crippen LogP contribution is -2.52. The van der Waals surface area contributed by atoms with E-state index in [0.29, 0.717) is 32.0 Å². The summed E-state index contributed by atoms with van der Waals surface area (Å²) in [6.45, 7) is 1.39. The van der Waals surface area contributed by atoms with Gasteiger partial charge in [-0.25, -0.2) is 13.1 Å². The van der Waals surface area contributed by atoms with Gasteiger partial charge in [-0.2, -0.15) is 0 Å². The second-order valence-corrected chi connectivity index (χ2v) is 9.36. The van der Waals surface area contributed by atoms with Crippen LogP contribution in [0.5, 0.6) is 0 Å². The van der Waals surface area contributed by atoms with Gasteiger partial charge in [0.05, 0.1) is 5.25 Å². The van der Waals surface area contributed by atoms with Gasteiger partial charge in [0, 0.05) is 31.6 Å². The van der Waals surface area contributed by atoms with Crippen molar-refractivity contribution in [3.63, 3.8) is 0 Å². The molecule has 0 aromatic rings. The van der Waals surface area contributed by atoms with Crippen molar-refractivity contribution in [1.29, 1.82) is 0 Å². The third-order valence-electron chi connectivity index (χ3n) is 5.59. The molecular weight excluding hydrogens is 350 g/mol. The first-order valence-electron chi connectivity index (χ1n) is 9.01. The molecule has 140 valence electrons. The molecule has 1 heterocycles. The Morgan fingerprint density at radius 2 is 1.79 bits per heavy atom. The molecule has 3 aliphatic rings. The molecule has 0 aromatic carbocycles. The van der Waals surface area contributed by atoms with E-state index >= 15 is 0 Å². The van der Waals surface area contributed by atoms with Crippen LogP contribution in [0.1, 0.15) is 51.4 Å². The molecule has 0 spiro atoms. The van der Waals surface area contributed by atoms with E-state index in [4.69, 9.17) is 5.73 Å². The SMILES string of the molecule is Cl.NCC(NS(=O)(=O)C1CCCN(C(=O)C2CCCC2)C1)C1CC1. The van der Waals surface area contributed by atoms with Gasteiger partial charge in [-0.1, -0.05) is 12.8 Å². The van der Waals surface area contributed by atoms with Crippen molar-refractivity contribution in [3.05, 3.63) is 0 Å². The van der Waals surface area contributed by atoms with E-state index in [1.54, 1.807) is 4.90 Å². The van der Waals surface area contributed by atoms with Crippen LogP contribution in [-0.2, 0) is 14.8 Å². The molecule has 2 unspecified atom stereocenters. The number of hydrogen-bond acceptors (Lipinski definition) is 4. The van der Waals surface area contributed by atoms with Crippen LogP contribution in [0, 0.1) is 11.8 Å². The molecule has 3 rings (SSSR count). The standard InChI is InChI=1S/C16H29N3O3S.ClH/c17-10-15(12-7-8-12)18-23(21,22)14-6-3-9-19(11-14)16(20)13-4-1-2-5-13;/h12-15,18H,1-11,17H2;1H. The van der Waals surface area contributed by atoms with Crippen LogP contribution >= 0.6 is 12.4 Å². The maximum atomic E-state index is 12.7. The average molecular weight is 380 g/mol. The Bertz CT molecular complexity index is 533. The van der Waals surface area contributed by atoms with Crippen LogP contribution < -0.4 is 10.5 Å². The molecular formula is C16H30ClN3O3S. The number of nitrogens with two attached hydrogens (primary N) is 1. The lowest BCUT2D eigenvalue weighted by Gasteiger charge is -2.34. The van der Waals surface area contributed by atoms with Crippen molar-refractivity contribution in [2.45, 2.75) is 62.7 Å². The second kappa shape index (κ2) is 8.34. The summed E-state index contributed by atoms with van der Waals surface area (Å²) in [6, 6.07) is -0.138. The first kappa shape index (κ1) is 19.9. The number of sulfonamides is 1. The van der Waals surface area contributed by atoms with Crippen molar-refractivity contribution >= 4 is 28.3 Å². The maximum Gasteiger partial charge on any atom is 0.225 e. The number of amides is 1. The van der Waals surface area contributed by atoms with Crippen LogP contribution in [-0.4, -0.2) is 50.2 Å². The molecule has 8 heteroatoms. The second-order valence-electron chi connectivity index (χ2n) is 7.37. The van der Waals surface area contributed by atoms with Crippen LogP contribution in [0.2, 0.25) is 0 Å². The summed E-state index contributed by atoms with van der Waals surface area (Å²) in [5, 5.41) is -0.491. The van der Waals surface area contributed by atoms with Crippen LogP contribution in [0.25, 0.3) is 0 Å². The summed E-state index contributed by atoms with van der Waals surface area (Å²) in [5.41, 5.74) is 5.72. The van der Waals surface area contributed by atoms with E-state index < -0.39 is 15.3 Å². The number of nitrogens with one attached hydrogen (secondary N) is 1. The smallest absolute Gasteiger partial charge is 0.225 e. The van der Waals surface area contributed by atoms with Crippen LogP contribution in [0.4, 0.5) is 0 Å². The highest BCUT2D eigenvalue weighted by molar-refractivity contribution is 7.90. The van der Waals surface area contributed by atoms with Gasteiger partial charge in [-0.15, -0.1) is 12.4 Å². The number of piperidine rings is 1. The molecule has 2 aliphatic carbocycles. The molecule has 6 nitrogen and oxygen atoms in total. The van der Waals surface area contributed by atoms with Crippen molar-refractivity contribution < 1.29 is 13.2 Å². The fraction of sp³-hybridized carbons (Fsp3) is 0.938. The summed E-state index contributed by atoms with van der Waals surface area (Å²) in [6.07, 6.45) is 7.67. The Morgan fingerprint density at radius 3 is 2.38 bits per heavy atom. The highest BCUT2D eigenvalue weighted by Gasteiger charge is 2.39. The molecule has 24 heavy (non-hydrogen) atoms. The first-order valence-corrected chi connectivity index (χ1v) is 10.6. The Labute approximate surface area is 151 Å². The largest absolute Gasteiger partial charge is 0.341 e. The monoisotopic (exact) mass is 379 g/mol. The summed E-state index contributed by atoms with van der Waals surface area (Å²) in [7, 11) is -3.41. The number of rotatable bonds is 6. The molecule has 2 saturated carbocycles. The minimum absolute atomic E-state index is 0. The molecule has 0 radical (unpaired) electrons. The molecule has 0 bridgehead atoms. The van der Waals surface area contributed by atoms with E-state index in [9.17, 15) is 13.2 Å². The zero-order valence-electron chi connectivity index (χ0n) is 14.2.